The first-order valence-electron chi connectivity index (χ1n) is 6.83. The predicted molar refractivity (Wildman–Crippen MR) is 70.7 cm³/mol. The standard InChI is InChI=1S/C13H20N4O3/c1-8(2)6-10-13(19)17(7-11(18)15-10)5-4-12-14-9(3)16-20-12/h8,10H,4-7H2,1-3H3,(H,15,18). The number of carbonyl (C=O) groups is 2. The summed E-state index contributed by atoms with van der Waals surface area (Å²) in [5.74, 6) is 1.26. The molecule has 7 nitrogen and oxygen atoms in total. The number of carbonyl (C=O) groups excluding carboxylic acids is 2. The number of nitrogens with one attached hydrogen (secondary N) is 1. The van der Waals surface area contributed by atoms with Crippen molar-refractivity contribution >= 4 is 11.8 Å². The second-order valence-electron chi connectivity index (χ2n) is 5.49. The van der Waals surface area contributed by atoms with Crippen LogP contribution < -0.4 is 5.32 Å². The van der Waals surface area contributed by atoms with Crippen LogP contribution in [0, 0.1) is 12.8 Å². The van der Waals surface area contributed by atoms with E-state index < -0.39 is 6.04 Å². The molecule has 1 atom stereocenters. The van der Waals surface area contributed by atoms with Crippen molar-refractivity contribution in [2.75, 3.05) is 13.1 Å². The summed E-state index contributed by atoms with van der Waals surface area (Å²) in [4.78, 5) is 29.6. The lowest BCUT2D eigenvalue weighted by Gasteiger charge is -2.33. The fourth-order valence-electron chi connectivity index (χ4n) is 2.27. The molecule has 7 heteroatoms. The van der Waals surface area contributed by atoms with Gasteiger partial charge < -0.3 is 14.7 Å². The molecule has 110 valence electrons. The Morgan fingerprint density at radius 1 is 1.45 bits per heavy atom. The van der Waals surface area contributed by atoms with Crippen molar-refractivity contribution in [1.82, 2.24) is 20.4 Å². The minimum atomic E-state index is -0.416. The van der Waals surface area contributed by atoms with E-state index in [1.807, 2.05) is 13.8 Å². The Hall–Kier alpha value is -1.92. The maximum absolute atomic E-state index is 12.3. The smallest absolute Gasteiger partial charge is 0.245 e. The maximum atomic E-state index is 12.3. The fourth-order valence-corrected chi connectivity index (χ4v) is 2.27. The predicted octanol–water partition coefficient (Wildman–Crippen LogP) is 0.294. The van der Waals surface area contributed by atoms with Gasteiger partial charge in [0.25, 0.3) is 0 Å². The lowest BCUT2D eigenvalue weighted by molar-refractivity contribution is -0.144. The van der Waals surface area contributed by atoms with E-state index in [0.717, 1.165) is 0 Å². The van der Waals surface area contributed by atoms with Gasteiger partial charge in [0.1, 0.15) is 6.04 Å². The number of piperazine rings is 1. The van der Waals surface area contributed by atoms with E-state index in [1.165, 1.54) is 0 Å². The Morgan fingerprint density at radius 2 is 2.20 bits per heavy atom. The SMILES string of the molecule is Cc1noc(CCN2CC(=O)NC(CC(C)C)C2=O)n1. The van der Waals surface area contributed by atoms with Crippen molar-refractivity contribution in [3.63, 3.8) is 0 Å². The summed E-state index contributed by atoms with van der Waals surface area (Å²) in [5.41, 5.74) is 0. The van der Waals surface area contributed by atoms with Gasteiger partial charge >= 0.3 is 0 Å². The van der Waals surface area contributed by atoms with Crippen molar-refractivity contribution < 1.29 is 14.1 Å². The maximum Gasteiger partial charge on any atom is 0.245 e. The van der Waals surface area contributed by atoms with Gasteiger partial charge in [-0.15, -0.1) is 0 Å². The van der Waals surface area contributed by atoms with Gasteiger partial charge in [-0.3, -0.25) is 9.59 Å². The molecule has 0 aliphatic carbocycles. The molecule has 1 N–H and O–H groups in total. The third-order valence-corrected chi connectivity index (χ3v) is 3.15. The summed E-state index contributed by atoms with van der Waals surface area (Å²) in [5, 5.41) is 6.45. The van der Waals surface area contributed by atoms with Gasteiger partial charge in [0.15, 0.2) is 5.82 Å². The first-order chi connectivity index (χ1) is 9.45. The number of hydrogen-bond acceptors (Lipinski definition) is 5. The van der Waals surface area contributed by atoms with Crippen molar-refractivity contribution in [3.8, 4) is 0 Å². The van der Waals surface area contributed by atoms with Crippen LogP contribution in [0.1, 0.15) is 32.0 Å². The Bertz CT molecular complexity index is 498. The molecule has 0 bridgehead atoms. The van der Waals surface area contributed by atoms with Crippen molar-refractivity contribution in [2.24, 2.45) is 5.92 Å². The molecule has 1 fully saturated rings. The molecule has 0 aromatic carbocycles. The first kappa shape index (κ1) is 14.5. The van der Waals surface area contributed by atoms with E-state index in [1.54, 1.807) is 11.8 Å². The van der Waals surface area contributed by atoms with Crippen LogP contribution in [0.15, 0.2) is 4.52 Å². The molecule has 1 aliphatic rings. The summed E-state index contributed by atoms with van der Waals surface area (Å²) >= 11 is 0. The van der Waals surface area contributed by atoms with Crippen molar-refractivity contribution in [1.29, 1.82) is 0 Å². The second-order valence-corrected chi connectivity index (χ2v) is 5.49. The number of rotatable bonds is 5. The van der Waals surface area contributed by atoms with Gasteiger partial charge in [-0.05, 0) is 19.3 Å². The molecule has 1 aliphatic heterocycles. The van der Waals surface area contributed by atoms with Gasteiger partial charge in [-0.1, -0.05) is 19.0 Å². The molecule has 2 heterocycles. The number of aryl methyl sites for hydroxylation is 1. The number of amides is 2. The third kappa shape index (κ3) is 3.55. The summed E-state index contributed by atoms with van der Waals surface area (Å²) in [6.07, 6.45) is 1.12. The molecule has 0 radical (unpaired) electrons. The number of hydrogen-bond donors (Lipinski definition) is 1. The van der Waals surface area contributed by atoms with E-state index in [-0.39, 0.29) is 18.4 Å². The quantitative estimate of drug-likeness (QED) is 0.837. The average Bonchev–Trinajstić information content (AvgIpc) is 2.77. The van der Waals surface area contributed by atoms with E-state index in [9.17, 15) is 9.59 Å². The summed E-state index contributed by atoms with van der Waals surface area (Å²) in [7, 11) is 0. The molecular formula is C13H20N4O3. The van der Waals surface area contributed by atoms with Gasteiger partial charge in [0.05, 0.1) is 6.54 Å². The minimum absolute atomic E-state index is 0.0328. The zero-order chi connectivity index (χ0) is 14.7. The van der Waals surface area contributed by atoms with Gasteiger partial charge in [0, 0.05) is 13.0 Å². The average molecular weight is 280 g/mol. The van der Waals surface area contributed by atoms with Crippen LogP contribution in [0.5, 0.6) is 0 Å². The molecular weight excluding hydrogens is 260 g/mol. The van der Waals surface area contributed by atoms with Gasteiger partial charge in [0.2, 0.25) is 17.7 Å². The summed E-state index contributed by atoms with van der Waals surface area (Å²) in [6.45, 7) is 6.31. The van der Waals surface area contributed by atoms with Crippen LogP contribution >= 0.6 is 0 Å². The Kier molecular flexibility index (Phi) is 4.36. The van der Waals surface area contributed by atoms with Crippen LogP contribution in [-0.2, 0) is 16.0 Å². The van der Waals surface area contributed by atoms with Crippen LogP contribution in [0.3, 0.4) is 0 Å². The molecule has 0 saturated carbocycles. The third-order valence-electron chi connectivity index (χ3n) is 3.15. The molecule has 1 aromatic rings. The fraction of sp³-hybridized carbons (Fsp3) is 0.692. The highest BCUT2D eigenvalue weighted by atomic mass is 16.5. The topological polar surface area (TPSA) is 88.3 Å². The lowest BCUT2D eigenvalue weighted by atomic mass is 10.0. The molecule has 1 unspecified atom stereocenters. The first-order valence-corrected chi connectivity index (χ1v) is 6.83. The molecule has 2 amide bonds. The second kappa shape index (κ2) is 6.02. The Morgan fingerprint density at radius 3 is 2.80 bits per heavy atom. The molecule has 2 rings (SSSR count). The highest BCUT2D eigenvalue weighted by Gasteiger charge is 2.32. The van der Waals surface area contributed by atoms with Gasteiger partial charge in [-0.2, -0.15) is 4.98 Å². The van der Waals surface area contributed by atoms with E-state index >= 15 is 0 Å². The Balaban J connectivity index is 1.95. The van der Waals surface area contributed by atoms with Crippen molar-refractivity contribution in [2.45, 2.75) is 39.7 Å². The van der Waals surface area contributed by atoms with E-state index in [0.29, 0.717) is 37.0 Å². The largest absolute Gasteiger partial charge is 0.343 e. The summed E-state index contributed by atoms with van der Waals surface area (Å²) in [6, 6.07) is -0.416. The van der Waals surface area contributed by atoms with E-state index in [2.05, 4.69) is 15.5 Å². The highest BCUT2D eigenvalue weighted by molar-refractivity contribution is 5.94. The van der Waals surface area contributed by atoms with Crippen molar-refractivity contribution in [3.05, 3.63) is 11.7 Å². The molecule has 20 heavy (non-hydrogen) atoms. The molecule has 1 aromatic heterocycles. The van der Waals surface area contributed by atoms with Crippen LogP contribution in [-0.4, -0.2) is 46.0 Å². The molecule has 0 spiro atoms. The zero-order valence-electron chi connectivity index (χ0n) is 12.0. The highest BCUT2D eigenvalue weighted by Crippen LogP contribution is 2.12. The normalized spacial score (nSPS) is 19.6. The van der Waals surface area contributed by atoms with Gasteiger partial charge in [-0.25, -0.2) is 0 Å². The zero-order valence-corrected chi connectivity index (χ0v) is 12.0. The minimum Gasteiger partial charge on any atom is -0.343 e. The van der Waals surface area contributed by atoms with Crippen LogP contribution in [0.25, 0.3) is 0 Å². The van der Waals surface area contributed by atoms with Crippen LogP contribution in [0.4, 0.5) is 0 Å². The lowest BCUT2D eigenvalue weighted by Crippen LogP contribution is -2.58. The van der Waals surface area contributed by atoms with E-state index in [4.69, 9.17) is 4.52 Å². The monoisotopic (exact) mass is 280 g/mol. The molecule has 1 saturated heterocycles. The Labute approximate surface area is 117 Å². The van der Waals surface area contributed by atoms with Crippen LogP contribution in [0.2, 0.25) is 0 Å². The number of aromatic nitrogens is 2. The number of nitrogens with zero attached hydrogens (tertiary/aromatic N) is 3. The summed E-state index contributed by atoms with van der Waals surface area (Å²) < 4.78 is 5.01.